The lowest BCUT2D eigenvalue weighted by Gasteiger charge is -2.24. The van der Waals surface area contributed by atoms with Gasteiger partial charge in [-0.1, -0.05) is 69.9 Å². The number of fused-ring (bicyclic) bond motifs is 2. The SMILES string of the molecule is C=CC(C(=C)C(C)C[C@@H](C)CCC(=C)Cn1c(CC)c(C(=C)C)c2cc(-c3cnc4c(c3)ncn4C)ccc21)c1cccc(C)n1. The van der Waals surface area contributed by atoms with Crippen LogP contribution in [0.5, 0.6) is 0 Å². The molecule has 1 aromatic carbocycles. The van der Waals surface area contributed by atoms with Gasteiger partial charge in [-0.2, -0.15) is 0 Å². The van der Waals surface area contributed by atoms with Gasteiger partial charge in [-0.3, -0.25) is 4.98 Å². The van der Waals surface area contributed by atoms with Crippen LogP contribution in [0.3, 0.4) is 0 Å². The molecule has 0 spiro atoms. The van der Waals surface area contributed by atoms with E-state index in [4.69, 9.17) is 4.98 Å². The topological polar surface area (TPSA) is 48.5 Å². The van der Waals surface area contributed by atoms with Crippen LogP contribution in [0.2, 0.25) is 0 Å². The third kappa shape index (κ3) is 6.69. The molecule has 0 bridgehead atoms. The first-order valence-electron chi connectivity index (χ1n) is 16.5. The van der Waals surface area contributed by atoms with Gasteiger partial charge in [-0.15, -0.1) is 6.58 Å². The number of pyridine rings is 2. The fraction of sp³-hybridized carbons (Fsp3) is 0.341. The molecular formula is C41H49N5. The molecule has 0 aliphatic heterocycles. The van der Waals surface area contributed by atoms with Crippen LogP contribution >= 0.6 is 0 Å². The summed E-state index contributed by atoms with van der Waals surface area (Å²) in [5, 5.41) is 1.23. The summed E-state index contributed by atoms with van der Waals surface area (Å²) < 4.78 is 4.41. The molecule has 4 heterocycles. The second-order valence-electron chi connectivity index (χ2n) is 13.2. The molecule has 3 atom stereocenters. The lowest BCUT2D eigenvalue weighted by atomic mass is 9.82. The highest BCUT2D eigenvalue weighted by molar-refractivity contribution is 5.97. The van der Waals surface area contributed by atoms with Gasteiger partial charge in [0.1, 0.15) is 5.52 Å². The van der Waals surface area contributed by atoms with Crippen molar-refractivity contribution in [3.63, 3.8) is 0 Å². The van der Waals surface area contributed by atoms with Crippen molar-refractivity contribution in [1.29, 1.82) is 0 Å². The number of aryl methyl sites for hydroxylation is 2. The molecule has 2 unspecified atom stereocenters. The zero-order valence-corrected chi connectivity index (χ0v) is 28.6. The van der Waals surface area contributed by atoms with Crippen molar-refractivity contribution in [1.82, 2.24) is 24.1 Å². The van der Waals surface area contributed by atoms with Crippen molar-refractivity contribution in [3.8, 4) is 11.1 Å². The molecular weight excluding hydrogens is 562 g/mol. The Morgan fingerprint density at radius 2 is 1.80 bits per heavy atom. The quantitative estimate of drug-likeness (QED) is 0.117. The second-order valence-corrected chi connectivity index (χ2v) is 13.2. The van der Waals surface area contributed by atoms with E-state index in [-0.39, 0.29) is 5.92 Å². The molecule has 238 valence electrons. The van der Waals surface area contributed by atoms with Crippen LogP contribution in [0, 0.1) is 18.8 Å². The number of allylic oxidation sites excluding steroid dienone is 4. The predicted molar refractivity (Wildman–Crippen MR) is 196 cm³/mol. The molecule has 5 nitrogen and oxygen atoms in total. The van der Waals surface area contributed by atoms with Crippen LogP contribution in [0.15, 0.2) is 98.5 Å². The van der Waals surface area contributed by atoms with E-state index in [1.807, 2.05) is 43.2 Å². The van der Waals surface area contributed by atoms with Crippen molar-refractivity contribution in [2.45, 2.75) is 72.8 Å². The highest BCUT2D eigenvalue weighted by Gasteiger charge is 2.21. The van der Waals surface area contributed by atoms with Crippen LogP contribution in [0.25, 0.3) is 38.8 Å². The monoisotopic (exact) mass is 611 g/mol. The van der Waals surface area contributed by atoms with Gasteiger partial charge in [-0.05, 0) is 92.8 Å². The molecule has 0 N–H and O–H groups in total. The van der Waals surface area contributed by atoms with E-state index >= 15 is 0 Å². The first-order valence-corrected chi connectivity index (χ1v) is 16.5. The Morgan fingerprint density at radius 3 is 2.50 bits per heavy atom. The minimum absolute atomic E-state index is 0.0729. The maximum Gasteiger partial charge on any atom is 0.159 e. The van der Waals surface area contributed by atoms with Crippen LogP contribution in [0.1, 0.15) is 75.5 Å². The first-order chi connectivity index (χ1) is 22.0. The fourth-order valence-corrected chi connectivity index (χ4v) is 6.92. The first kappa shape index (κ1) is 32.9. The van der Waals surface area contributed by atoms with E-state index in [1.165, 1.54) is 33.3 Å². The van der Waals surface area contributed by atoms with Crippen molar-refractivity contribution in [2.24, 2.45) is 18.9 Å². The summed E-state index contributed by atoms with van der Waals surface area (Å²) in [5.41, 5.74) is 13.4. The molecule has 5 heteroatoms. The van der Waals surface area contributed by atoms with Gasteiger partial charge >= 0.3 is 0 Å². The summed E-state index contributed by atoms with van der Waals surface area (Å²) in [6.07, 6.45) is 9.83. The Bertz CT molecular complexity index is 1930. The number of hydrogen-bond donors (Lipinski definition) is 0. The van der Waals surface area contributed by atoms with Crippen molar-refractivity contribution < 1.29 is 0 Å². The zero-order valence-electron chi connectivity index (χ0n) is 28.6. The molecule has 5 aromatic rings. The molecule has 0 saturated carbocycles. The number of rotatable bonds is 14. The molecule has 4 aromatic heterocycles. The van der Waals surface area contributed by atoms with Gasteiger partial charge in [0, 0.05) is 59.1 Å². The van der Waals surface area contributed by atoms with E-state index < -0.39 is 0 Å². The summed E-state index contributed by atoms with van der Waals surface area (Å²) in [5.74, 6) is 0.989. The molecule has 5 rings (SSSR count). The molecule has 46 heavy (non-hydrogen) atoms. The molecule has 0 aliphatic carbocycles. The minimum atomic E-state index is 0.0729. The standard InChI is InChI=1S/C41H49N5/c1-11-34(36-15-13-14-30(8)44-36)31(9)29(7)20-27(5)16-17-28(6)24-46-38(12-2)40(26(3)4)35-21-32(18-19-39(35)46)33-22-37-41(42-23-33)45(10)25-43-37/h11,13-15,18-19,21-23,25,27,29,34H,1,3,6,9,12,16-17,20,24H2,2,4-5,7-8,10H3/t27-,29?,34?/m0/s1. The van der Waals surface area contributed by atoms with E-state index in [1.54, 1.807) is 0 Å². The zero-order chi connectivity index (χ0) is 33.1. The predicted octanol–water partition coefficient (Wildman–Crippen LogP) is 10.4. The summed E-state index contributed by atoms with van der Waals surface area (Å²) >= 11 is 0. The summed E-state index contributed by atoms with van der Waals surface area (Å²) in [6.45, 7) is 29.4. The number of benzene rings is 1. The van der Waals surface area contributed by atoms with Gasteiger partial charge in [-0.25, -0.2) is 9.97 Å². The highest BCUT2D eigenvalue weighted by Crippen LogP contribution is 2.37. The molecule has 0 amide bonds. The Hall–Kier alpha value is -4.51. The maximum atomic E-state index is 4.75. The molecule has 0 fully saturated rings. The lowest BCUT2D eigenvalue weighted by Crippen LogP contribution is -2.12. The Kier molecular flexibility index (Phi) is 9.91. The molecule has 0 saturated heterocycles. The van der Waals surface area contributed by atoms with E-state index in [0.29, 0.717) is 11.8 Å². The van der Waals surface area contributed by atoms with Gasteiger partial charge in [0.2, 0.25) is 0 Å². The third-order valence-corrected chi connectivity index (χ3v) is 9.44. The van der Waals surface area contributed by atoms with E-state index in [0.717, 1.165) is 71.5 Å². The Morgan fingerprint density at radius 1 is 1.02 bits per heavy atom. The summed E-state index contributed by atoms with van der Waals surface area (Å²) in [7, 11) is 1.97. The van der Waals surface area contributed by atoms with Gasteiger partial charge in [0.25, 0.3) is 0 Å². The van der Waals surface area contributed by atoms with E-state index in [2.05, 4.69) is 105 Å². The highest BCUT2D eigenvalue weighted by atomic mass is 15.1. The largest absolute Gasteiger partial charge is 0.340 e. The van der Waals surface area contributed by atoms with Crippen molar-refractivity contribution >= 4 is 27.6 Å². The average Bonchev–Trinajstić information content (AvgIpc) is 3.56. The minimum Gasteiger partial charge on any atom is -0.340 e. The maximum absolute atomic E-state index is 4.75. The summed E-state index contributed by atoms with van der Waals surface area (Å²) in [6, 6.07) is 15.0. The lowest BCUT2D eigenvalue weighted by molar-refractivity contribution is 0.418. The van der Waals surface area contributed by atoms with Crippen LogP contribution in [0.4, 0.5) is 0 Å². The van der Waals surface area contributed by atoms with Crippen LogP contribution in [-0.4, -0.2) is 24.1 Å². The number of nitrogens with zero attached hydrogens (tertiary/aromatic N) is 5. The van der Waals surface area contributed by atoms with Gasteiger partial charge in [0.15, 0.2) is 5.65 Å². The Balaban J connectivity index is 1.30. The summed E-state index contributed by atoms with van der Waals surface area (Å²) in [4.78, 5) is 13.9. The van der Waals surface area contributed by atoms with Crippen LogP contribution in [-0.2, 0) is 20.0 Å². The Labute approximate surface area is 275 Å². The number of imidazole rings is 1. The number of aromatic nitrogens is 5. The van der Waals surface area contributed by atoms with Crippen LogP contribution < -0.4 is 0 Å². The normalized spacial score (nSPS) is 13.5. The van der Waals surface area contributed by atoms with E-state index in [9.17, 15) is 0 Å². The smallest absolute Gasteiger partial charge is 0.159 e. The fourth-order valence-electron chi connectivity index (χ4n) is 6.92. The molecule has 0 radical (unpaired) electrons. The van der Waals surface area contributed by atoms with Crippen molar-refractivity contribution in [2.75, 3.05) is 0 Å². The van der Waals surface area contributed by atoms with Gasteiger partial charge < -0.3 is 9.13 Å². The third-order valence-electron chi connectivity index (χ3n) is 9.44. The molecule has 0 aliphatic rings. The van der Waals surface area contributed by atoms with Gasteiger partial charge in [0.05, 0.1) is 12.0 Å². The average molecular weight is 612 g/mol. The number of hydrogen-bond acceptors (Lipinski definition) is 3. The van der Waals surface area contributed by atoms with Crippen molar-refractivity contribution in [3.05, 3.63) is 121 Å². The second kappa shape index (κ2) is 13.9.